The van der Waals surface area contributed by atoms with Crippen LogP contribution in [0.4, 0.5) is 0 Å². The van der Waals surface area contributed by atoms with Gasteiger partial charge in [-0.15, -0.1) is 0 Å². The Kier molecular flexibility index (Phi) is 4.94. The first-order valence-corrected chi connectivity index (χ1v) is 6.66. The van der Waals surface area contributed by atoms with Gasteiger partial charge in [0, 0.05) is 5.41 Å². The lowest BCUT2D eigenvalue weighted by Crippen LogP contribution is -2.37. The van der Waals surface area contributed by atoms with Crippen LogP contribution in [-0.2, 0) is 4.79 Å². The fourth-order valence-electron chi connectivity index (χ4n) is 1.81. The summed E-state index contributed by atoms with van der Waals surface area (Å²) in [5, 5.41) is 3.17. The van der Waals surface area contributed by atoms with Crippen molar-refractivity contribution < 1.29 is 4.79 Å². The zero-order chi connectivity index (χ0) is 13.8. The fraction of sp³-hybridized carbons (Fsp3) is 0.562. The first kappa shape index (κ1) is 14.7. The summed E-state index contributed by atoms with van der Waals surface area (Å²) in [6, 6.07) is 10.3. The topological polar surface area (TPSA) is 29.1 Å². The summed E-state index contributed by atoms with van der Waals surface area (Å²) in [7, 11) is 0. The molecule has 1 N–H and O–H groups in total. The number of carbonyl (C=O) groups excluding carboxylic acids is 1. The maximum Gasteiger partial charge on any atom is 0.225 e. The third kappa shape index (κ3) is 4.52. The SMILES string of the molecule is CC(C)C[C@@H](NC(=O)C(C)(C)C)c1ccccc1. The number of hydrogen-bond donors (Lipinski definition) is 1. The van der Waals surface area contributed by atoms with E-state index in [1.54, 1.807) is 0 Å². The zero-order valence-electron chi connectivity index (χ0n) is 12.2. The van der Waals surface area contributed by atoms with Crippen LogP contribution in [0.2, 0.25) is 0 Å². The van der Waals surface area contributed by atoms with E-state index < -0.39 is 0 Å². The Morgan fingerprint density at radius 3 is 2.17 bits per heavy atom. The monoisotopic (exact) mass is 247 g/mol. The standard InChI is InChI=1S/C16H25NO/c1-12(2)11-14(13-9-7-6-8-10-13)17-15(18)16(3,4)5/h6-10,12,14H,11H2,1-5H3,(H,17,18)/t14-/m1/s1. The quantitative estimate of drug-likeness (QED) is 0.858. The van der Waals surface area contributed by atoms with Crippen LogP contribution in [0.15, 0.2) is 30.3 Å². The van der Waals surface area contributed by atoms with Gasteiger partial charge in [0.25, 0.3) is 0 Å². The van der Waals surface area contributed by atoms with Gasteiger partial charge in [-0.05, 0) is 17.9 Å². The summed E-state index contributed by atoms with van der Waals surface area (Å²) >= 11 is 0. The van der Waals surface area contributed by atoms with E-state index >= 15 is 0 Å². The van der Waals surface area contributed by atoms with Crippen molar-refractivity contribution in [1.29, 1.82) is 0 Å². The second-order valence-corrected chi connectivity index (χ2v) is 6.32. The van der Waals surface area contributed by atoms with Crippen LogP contribution in [0.3, 0.4) is 0 Å². The van der Waals surface area contributed by atoms with Crippen LogP contribution in [0.5, 0.6) is 0 Å². The Morgan fingerprint density at radius 1 is 1.17 bits per heavy atom. The lowest BCUT2D eigenvalue weighted by atomic mass is 9.92. The largest absolute Gasteiger partial charge is 0.349 e. The van der Waals surface area contributed by atoms with Crippen molar-refractivity contribution in [2.45, 2.75) is 47.1 Å². The van der Waals surface area contributed by atoms with Crippen LogP contribution in [0.25, 0.3) is 0 Å². The molecule has 1 atom stereocenters. The Bertz CT molecular complexity index is 376. The highest BCUT2D eigenvalue weighted by Gasteiger charge is 2.24. The molecule has 0 saturated carbocycles. The van der Waals surface area contributed by atoms with Crippen molar-refractivity contribution in [3.05, 3.63) is 35.9 Å². The Balaban J connectivity index is 2.84. The number of carbonyl (C=O) groups is 1. The van der Waals surface area contributed by atoms with Crippen LogP contribution >= 0.6 is 0 Å². The normalized spacial score (nSPS) is 13.4. The predicted octanol–water partition coefficient (Wildman–Crippen LogP) is 3.94. The van der Waals surface area contributed by atoms with Crippen molar-refractivity contribution in [2.75, 3.05) is 0 Å². The minimum Gasteiger partial charge on any atom is -0.349 e. The Labute approximate surface area is 111 Å². The molecule has 18 heavy (non-hydrogen) atoms. The van der Waals surface area contributed by atoms with Gasteiger partial charge in [0.15, 0.2) is 0 Å². The molecule has 2 heteroatoms. The first-order chi connectivity index (χ1) is 8.30. The molecule has 0 unspecified atom stereocenters. The van der Waals surface area contributed by atoms with Crippen LogP contribution in [0, 0.1) is 11.3 Å². The van der Waals surface area contributed by atoms with Gasteiger partial charge in [-0.1, -0.05) is 65.0 Å². The Morgan fingerprint density at radius 2 is 1.72 bits per heavy atom. The molecule has 0 bridgehead atoms. The Hall–Kier alpha value is -1.31. The lowest BCUT2D eigenvalue weighted by molar-refractivity contribution is -0.129. The number of rotatable bonds is 4. The number of amides is 1. The second kappa shape index (κ2) is 6.03. The minimum absolute atomic E-state index is 0.108. The number of nitrogens with one attached hydrogen (secondary N) is 1. The molecule has 1 aromatic rings. The molecule has 0 aliphatic heterocycles. The van der Waals surface area contributed by atoms with Crippen molar-refractivity contribution >= 4 is 5.91 Å². The number of benzene rings is 1. The van der Waals surface area contributed by atoms with Crippen LogP contribution < -0.4 is 5.32 Å². The van der Waals surface area contributed by atoms with Gasteiger partial charge in [0.2, 0.25) is 5.91 Å². The highest BCUT2D eigenvalue weighted by molar-refractivity contribution is 5.81. The van der Waals surface area contributed by atoms with Gasteiger partial charge in [-0.25, -0.2) is 0 Å². The van der Waals surface area contributed by atoms with E-state index in [2.05, 4.69) is 31.3 Å². The molecule has 0 aliphatic carbocycles. The van der Waals surface area contributed by atoms with E-state index in [4.69, 9.17) is 0 Å². The molecule has 1 amide bonds. The molecule has 1 aromatic carbocycles. The van der Waals surface area contributed by atoms with Crippen molar-refractivity contribution in [3.8, 4) is 0 Å². The molecule has 1 rings (SSSR count). The van der Waals surface area contributed by atoms with Gasteiger partial charge in [-0.3, -0.25) is 4.79 Å². The number of hydrogen-bond acceptors (Lipinski definition) is 1. The summed E-state index contributed by atoms with van der Waals surface area (Å²) in [5.41, 5.74) is 0.841. The lowest BCUT2D eigenvalue weighted by Gasteiger charge is -2.26. The minimum atomic E-state index is -0.343. The van der Waals surface area contributed by atoms with Gasteiger partial charge >= 0.3 is 0 Å². The molecule has 2 nitrogen and oxygen atoms in total. The van der Waals surface area contributed by atoms with Gasteiger partial charge in [0.05, 0.1) is 6.04 Å². The summed E-state index contributed by atoms with van der Waals surface area (Å²) in [5.74, 6) is 0.660. The average Bonchev–Trinajstić information content (AvgIpc) is 2.27. The van der Waals surface area contributed by atoms with Crippen molar-refractivity contribution in [2.24, 2.45) is 11.3 Å². The molecule has 0 fully saturated rings. The molecule has 0 aliphatic rings. The third-order valence-corrected chi connectivity index (χ3v) is 2.90. The first-order valence-electron chi connectivity index (χ1n) is 6.66. The summed E-state index contributed by atoms with van der Waals surface area (Å²) in [6.07, 6.45) is 0.964. The summed E-state index contributed by atoms with van der Waals surface area (Å²) in [4.78, 5) is 12.1. The molecular formula is C16H25NO. The molecule has 0 heterocycles. The highest BCUT2D eigenvalue weighted by Crippen LogP contribution is 2.23. The van der Waals surface area contributed by atoms with Gasteiger partial charge in [0.1, 0.15) is 0 Å². The zero-order valence-corrected chi connectivity index (χ0v) is 12.2. The average molecular weight is 247 g/mol. The third-order valence-electron chi connectivity index (χ3n) is 2.90. The highest BCUT2D eigenvalue weighted by atomic mass is 16.2. The van der Waals surface area contributed by atoms with E-state index in [0.29, 0.717) is 5.92 Å². The summed E-state index contributed by atoms with van der Waals surface area (Å²) in [6.45, 7) is 10.2. The van der Waals surface area contributed by atoms with E-state index in [0.717, 1.165) is 6.42 Å². The predicted molar refractivity (Wildman–Crippen MR) is 76.2 cm³/mol. The van der Waals surface area contributed by atoms with Crippen molar-refractivity contribution in [1.82, 2.24) is 5.32 Å². The van der Waals surface area contributed by atoms with E-state index in [1.165, 1.54) is 5.56 Å². The van der Waals surface area contributed by atoms with E-state index in [1.807, 2.05) is 39.0 Å². The van der Waals surface area contributed by atoms with Crippen LogP contribution in [0.1, 0.15) is 52.6 Å². The van der Waals surface area contributed by atoms with Crippen molar-refractivity contribution in [3.63, 3.8) is 0 Å². The van der Waals surface area contributed by atoms with Gasteiger partial charge in [-0.2, -0.15) is 0 Å². The summed E-state index contributed by atoms with van der Waals surface area (Å²) < 4.78 is 0. The van der Waals surface area contributed by atoms with Crippen LogP contribution in [-0.4, -0.2) is 5.91 Å². The van der Waals surface area contributed by atoms with E-state index in [9.17, 15) is 4.79 Å². The molecule has 0 radical (unpaired) electrons. The molecule has 0 spiro atoms. The molecule has 0 aromatic heterocycles. The molecule has 100 valence electrons. The smallest absolute Gasteiger partial charge is 0.225 e. The van der Waals surface area contributed by atoms with Gasteiger partial charge < -0.3 is 5.32 Å². The molecular weight excluding hydrogens is 222 g/mol. The fourth-order valence-corrected chi connectivity index (χ4v) is 1.81. The van der Waals surface area contributed by atoms with E-state index in [-0.39, 0.29) is 17.4 Å². The maximum atomic E-state index is 12.1. The maximum absolute atomic E-state index is 12.1. The second-order valence-electron chi connectivity index (χ2n) is 6.32. The molecule has 0 saturated heterocycles.